The molecule has 0 saturated carbocycles. The first-order valence-corrected chi connectivity index (χ1v) is 6.58. The lowest BCUT2D eigenvalue weighted by atomic mass is 9.81. The maximum atomic E-state index is 13.9. The van der Waals surface area contributed by atoms with Gasteiger partial charge in [-0.2, -0.15) is 0 Å². The minimum Gasteiger partial charge on any atom is -0.375 e. The summed E-state index contributed by atoms with van der Waals surface area (Å²) in [5, 5.41) is 3.02. The van der Waals surface area contributed by atoms with Crippen molar-refractivity contribution in [1.82, 2.24) is 5.32 Å². The zero-order valence-corrected chi connectivity index (χ0v) is 10.6. The highest BCUT2D eigenvalue weighted by Crippen LogP contribution is 2.45. The first-order valence-electron chi connectivity index (χ1n) is 6.58. The Bertz CT molecular complexity index is 494. The van der Waals surface area contributed by atoms with Gasteiger partial charge in [-0.3, -0.25) is 0 Å². The summed E-state index contributed by atoms with van der Waals surface area (Å²) in [7, 11) is 1.71. The molecule has 2 heterocycles. The summed E-state index contributed by atoms with van der Waals surface area (Å²) in [5.74, 6) is -3.53. The second kappa shape index (κ2) is 4.80. The summed E-state index contributed by atoms with van der Waals surface area (Å²) in [4.78, 5) is 0. The standard InChI is InChI=1S/C14H16F3NO/c1-18-14(9-6-7-2-5-11(9)19-7)8-3-4-10(15)13(17)12(8)16/h3-4,7,9,11,14,18H,2,5-6H2,1H3. The van der Waals surface area contributed by atoms with Crippen LogP contribution in [0.25, 0.3) is 0 Å². The zero-order valence-electron chi connectivity index (χ0n) is 10.6. The molecule has 0 radical (unpaired) electrons. The molecule has 4 atom stereocenters. The van der Waals surface area contributed by atoms with Crippen molar-refractivity contribution in [3.05, 3.63) is 35.1 Å². The van der Waals surface area contributed by atoms with Crippen LogP contribution in [0.15, 0.2) is 12.1 Å². The largest absolute Gasteiger partial charge is 0.375 e. The minimum absolute atomic E-state index is 0.0926. The number of benzene rings is 1. The van der Waals surface area contributed by atoms with Crippen LogP contribution in [0.4, 0.5) is 13.2 Å². The average molecular weight is 271 g/mol. The number of fused-ring (bicyclic) bond motifs is 2. The maximum absolute atomic E-state index is 13.9. The van der Waals surface area contributed by atoms with E-state index in [4.69, 9.17) is 4.74 Å². The highest BCUT2D eigenvalue weighted by molar-refractivity contribution is 5.25. The lowest BCUT2D eigenvalue weighted by Gasteiger charge is -2.28. The van der Waals surface area contributed by atoms with Gasteiger partial charge in [0.2, 0.25) is 0 Å². The third kappa shape index (κ3) is 2.05. The van der Waals surface area contributed by atoms with E-state index in [0.29, 0.717) is 0 Å². The topological polar surface area (TPSA) is 21.3 Å². The second-order valence-corrected chi connectivity index (χ2v) is 5.30. The fraction of sp³-hybridized carbons (Fsp3) is 0.571. The van der Waals surface area contributed by atoms with Crippen LogP contribution in [0.1, 0.15) is 30.9 Å². The van der Waals surface area contributed by atoms with Gasteiger partial charge in [0.05, 0.1) is 12.2 Å². The van der Waals surface area contributed by atoms with Gasteiger partial charge in [-0.05, 0) is 32.4 Å². The van der Waals surface area contributed by atoms with Crippen molar-refractivity contribution in [2.75, 3.05) is 7.05 Å². The van der Waals surface area contributed by atoms with E-state index in [9.17, 15) is 13.2 Å². The SMILES string of the molecule is CNC(c1ccc(F)c(F)c1F)C1CC2CCC1O2. The third-order valence-electron chi connectivity index (χ3n) is 4.29. The molecule has 19 heavy (non-hydrogen) atoms. The maximum Gasteiger partial charge on any atom is 0.194 e. The van der Waals surface area contributed by atoms with Crippen LogP contribution in [0, 0.1) is 23.4 Å². The Hall–Kier alpha value is -1.07. The van der Waals surface area contributed by atoms with Crippen LogP contribution in [0.2, 0.25) is 0 Å². The molecule has 2 nitrogen and oxygen atoms in total. The Kier molecular flexibility index (Phi) is 3.27. The number of halogens is 3. The zero-order chi connectivity index (χ0) is 13.6. The Morgan fingerprint density at radius 2 is 2.00 bits per heavy atom. The molecule has 2 aliphatic heterocycles. The van der Waals surface area contributed by atoms with Crippen LogP contribution in [0.3, 0.4) is 0 Å². The van der Waals surface area contributed by atoms with E-state index < -0.39 is 17.5 Å². The summed E-state index contributed by atoms with van der Waals surface area (Å²) < 4.78 is 46.0. The van der Waals surface area contributed by atoms with Crippen molar-refractivity contribution < 1.29 is 17.9 Å². The van der Waals surface area contributed by atoms with Gasteiger partial charge in [0.1, 0.15) is 0 Å². The van der Waals surface area contributed by atoms with Crippen molar-refractivity contribution in [2.24, 2.45) is 5.92 Å². The summed E-state index contributed by atoms with van der Waals surface area (Å²) in [6.07, 6.45) is 3.17. The Balaban J connectivity index is 1.93. The minimum atomic E-state index is -1.40. The van der Waals surface area contributed by atoms with Crippen LogP contribution in [-0.2, 0) is 4.74 Å². The summed E-state index contributed by atoms with van der Waals surface area (Å²) in [6.45, 7) is 0. The first kappa shape index (κ1) is 12.9. The Morgan fingerprint density at radius 1 is 1.21 bits per heavy atom. The summed E-state index contributed by atoms with van der Waals surface area (Å²) >= 11 is 0. The molecule has 2 saturated heterocycles. The van der Waals surface area contributed by atoms with Crippen LogP contribution >= 0.6 is 0 Å². The average Bonchev–Trinajstić information content (AvgIpc) is 3.02. The molecule has 1 N–H and O–H groups in total. The van der Waals surface area contributed by atoms with Crippen molar-refractivity contribution in [3.8, 4) is 0 Å². The summed E-state index contributed by atoms with van der Waals surface area (Å²) in [5.41, 5.74) is 0.183. The number of rotatable bonds is 3. The molecule has 3 rings (SSSR count). The van der Waals surface area contributed by atoms with Crippen LogP contribution in [-0.4, -0.2) is 19.3 Å². The number of ether oxygens (including phenoxy) is 1. The second-order valence-electron chi connectivity index (χ2n) is 5.30. The molecule has 0 aliphatic carbocycles. The molecule has 1 aromatic rings. The van der Waals surface area contributed by atoms with E-state index in [1.807, 2.05) is 0 Å². The van der Waals surface area contributed by atoms with E-state index in [-0.39, 0.29) is 29.7 Å². The molecule has 5 heteroatoms. The predicted molar refractivity (Wildman–Crippen MR) is 64.1 cm³/mol. The van der Waals surface area contributed by atoms with Crippen molar-refractivity contribution in [2.45, 2.75) is 37.5 Å². The van der Waals surface area contributed by atoms with E-state index >= 15 is 0 Å². The van der Waals surface area contributed by atoms with Gasteiger partial charge in [-0.1, -0.05) is 6.07 Å². The van der Waals surface area contributed by atoms with E-state index in [0.717, 1.165) is 25.3 Å². The molecule has 2 bridgehead atoms. The van der Waals surface area contributed by atoms with Gasteiger partial charge >= 0.3 is 0 Å². The van der Waals surface area contributed by atoms with E-state index in [1.165, 1.54) is 6.07 Å². The molecule has 2 aliphatic rings. The fourth-order valence-electron chi connectivity index (χ4n) is 3.41. The Morgan fingerprint density at radius 3 is 2.58 bits per heavy atom. The quantitative estimate of drug-likeness (QED) is 0.853. The number of hydrogen-bond donors (Lipinski definition) is 1. The molecular weight excluding hydrogens is 255 g/mol. The van der Waals surface area contributed by atoms with Gasteiger partial charge in [0.15, 0.2) is 17.5 Å². The fourth-order valence-corrected chi connectivity index (χ4v) is 3.41. The smallest absolute Gasteiger partial charge is 0.194 e. The highest BCUT2D eigenvalue weighted by atomic mass is 19.2. The molecular formula is C14H16F3NO. The normalized spacial score (nSPS) is 30.8. The lowest BCUT2D eigenvalue weighted by molar-refractivity contribution is 0.0859. The molecule has 0 amide bonds. The molecule has 0 aromatic heterocycles. The molecule has 0 spiro atoms. The monoisotopic (exact) mass is 271 g/mol. The predicted octanol–water partition coefficient (Wildman–Crippen LogP) is 2.93. The van der Waals surface area contributed by atoms with Gasteiger partial charge in [-0.25, -0.2) is 13.2 Å². The molecule has 1 aromatic carbocycles. The van der Waals surface area contributed by atoms with Gasteiger partial charge in [-0.15, -0.1) is 0 Å². The van der Waals surface area contributed by atoms with Gasteiger partial charge < -0.3 is 10.1 Å². The van der Waals surface area contributed by atoms with E-state index in [1.54, 1.807) is 7.05 Å². The van der Waals surface area contributed by atoms with Crippen molar-refractivity contribution >= 4 is 0 Å². The number of hydrogen-bond acceptors (Lipinski definition) is 2. The molecule has 104 valence electrons. The first-order chi connectivity index (χ1) is 9.11. The van der Waals surface area contributed by atoms with Crippen LogP contribution < -0.4 is 5.32 Å². The highest BCUT2D eigenvalue weighted by Gasteiger charge is 2.45. The molecule has 4 unspecified atom stereocenters. The Labute approximate surface area is 109 Å². The van der Waals surface area contributed by atoms with Gasteiger partial charge in [0.25, 0.3) is 0 Å². The van der Waals surface area contributed by atoms with Crippen LogP contribution in [0.5, 0.6) is 0 Å². The van der Waals surface area contributed by atoms with Crippen molar-refractivity contribution in [3.63, 3.8) is 0 Å². The van der Waals surface area contributed by atoms with E-state index in [2.05, 4.69) is 5.32 Å². The third-order valence-corrected chi connectivity index (χ3v) is 4.29. The van der Waals surface area contributed by atoms with Gasteiger partial charge in [0, 0.05) is 17.5 Å². The van der Waals surface area contributed by atoms with Crippen molar-refractivity contribution in [1.29, 1.82) is 0 Å². The lowest BCUT2D eigenvalue weighted by Crippen LogP contribution is -2.32. The summed E-state index contributed by atoms with van der Waals surface area (Å²) in [6, 6.07) is 1.96. The number of nitrogens with one attached hydrogen (secondary N) is 1. The molecule has 2 fully saturated rings.